The van der Waals surface area contributed by atoms with Crippen molar-refractivity contribution in [3.63, 3.8) is 0 Å². The van der Waals surface area contributed by atoms with Gasteiger partial charge >= 0.3 is 0 Å². The summed E-state index contributed by atoms with van der Waals surface area (Å²) < 4.78 is 6.05. The molecule has 2 aromatic heterocycles. The van der Waals surface area contributed by atoms with E-state index in [2.05, 4.69) is 52.6 Å². The normalized spacial score (nSPS) is 10.6. The molecule has 0 unspecified atom stereocenters. The minimum atomic E-state index is 0.446. The van der Waals surface area contributed by atoms with Crippen LogP contribution in [-0.4, -0.2) is 23.0 Å². The van der Waals surface area contributed by atoms with Crippen molar-refractivity contribution < 1.29 is 4.74 Å². The SMILES string of the molecule is CCN(CC#Cc1ccccc1)Cc1cccc(OCc2cccc(-c3ccsc3)n2)c1. The van der Waals surface area contributed by atoms with Crippen molar-refractivity contribution in [2.45, 2.75) is 20.1 Å². The van der Waals surface area contributed by atoms with Gasteiger partial charge in [0.05, 0.1) is 17.9 Å². The second-order valence-electron chi connectivity index (χ2n) is 7.43. The van der Waals surface area contributed by atoms with Crippen LogP contribution in [0.1, 0.15) is 23.7 Å². The summed E-state index contributed by atoms with van der Waals surface area (Å²) in [4.78, 5) is 7.05. The minimum Gasteiger partial charge on any atom is -0.487 e. The topological polar surface area (TPSA) is 25.4 Å². The Kier molecular flexibility index (Phi) is 7.70. The fourth-order valence-corrected chi connectivity index (χ4v) is 3.98. The van der Waals surface area contributed by atoms with E-state index in [-0.39, 0.29) is 0 Å². The fraction of sp³-hybridized carbons (Fsp3) is 0.179. The van der Waals surface area contributed by atoms with Gasteiger partial charge in [-0.15, -0.1) is 0 Å². The van der Waals surface area contributed by atoms with Crippen LogP contribution in [0.15, 0.2) is 89.6 Å². The highest BCUT2D eigenvalue weighted by molar-refractivity contribution is 7.08. The van der Waals surface area contributed by atoms with Crippen LogP contribution in [0.5, 0.6) is 5.75 Å². The average molecular weight is 439 g/mol. The van der Waals surface area contributed by atoms with Gasteiger partial charge in [-0.2, -0.15) is 11.3 Å². The van der Waals surface area contributed by atoms with Gasteiger partial charge in [0.2, 0.25) is 0 Å². The Bertz CT molecular complexity index is 1180. The Hall–Kier alpha value is -3.39. The maximum atomic E-state index is 6.05. The molecule has 0 bridgehead atoms. The van der Waals surface area contributed by atoms with Crippen molar-refractivity contribution in [3.8, 4) is 28.8 Å². The number of aromatic nitrogens is 1. The first-order valence-corrected chi connectivity index (χ1v) is 11.7. The predicted octanol–water partition coefficient (Wildman–Crippen LogP) is 6.26. The largest absolute Gasteiger partial charge is 0.487 e. The van der Waals surface area contributed by atoms with Gasteiger partial charge < -0.3 is 4.74 Å². The molecule has 0 aliphatic carbocycles. The Labute approximate surface area is 194 Å². The van der Waals surface area contributed by atoms with Crippen LogP contribution in [0.4, 0.5) is 0 Å². The average Bonchev–Trinajstić information content (AvgIpc) is 3.38. The summed E-state index contributed by atoms with van der Waals surface area (Å²) in [7, 11) is 0. The third-order valence-corrected chi connectivity index (χ3v) is 5.75. The molecule has 2 heterocycles. The molecule has 32 heavy (non-hydrogen) atoms. The monoisotopic (exact) mass is 438 g/mol. The third-order valence-electron chi connectivity index (χ3n) is 5.07. The van der Waals surface area contributed by atoms with E-state index in [4.69, 9.17) is 9.72 Å². The van der Waals surface area contributed by atoms with Crippen LogP contribution in [0.3, 0.4) is 0 Å². The zero-order valence-electron chi connectivity index (χ0n) is 18.2. The van der Waals surface area contributed by atoms with E-state index in [9.17, 15) is 0 Å². The second-order valence-corrected chi connectivity index (χ2v) is 8.21. The second kappa shape index (κ2) is 11.3. The van der Waals surface area contributed by atoms with Gasteiger partial charge in [-0.1, -0.05) is 55.2 Å². The first-order valence-electron chi connectivity index (χ1n) is 10.8. The zero-order valence-corrected chi connectivity index (χ0v) is 19.0. The standard InChI is InChI=1S/C28H26N2OS/c1-2-30(17-8-12-23-9-4-3-5-10-23)20-24-11-6-14-27(19-24)31-21-26-13-7-15-28(29-26)25-16-18-32-22-25/h3-7,9-11,13-16,18-19,22H,2,17,20-21H2,1H3. The van der Waals surface area contributed by atoms with E-state index in [1.807, 2.05) is 60.7 Å². The Morgan fingerprint density at radius 2 is 1.84 bits per heavy atom. The van der Waals surface area contributed by atoms with Crippen molar-refractivity contribution in [1.29, 1.82) is 0 Å². The lowest BCUT2D eigenvalue weighted by molar-refractivity contribution is 0.297. The lowest BCUT2D eigenvalue weighted by Gasteiger charge is -2.18. The van der Waals surface area contributed by atoms with Crippen LogP contribution >= 0.6 is 11.3 Å². The smallest absolute Gasteiger partial charge is 0.130 e. The summed E-state index contributed by atoms with van der Waals surface area (Å²) in [6.07, 6.45) is 0. The summed E-state index contributed by atoms with van der Waals surface area (Å²) in [5.74, 6) is 7.38. The van der Waals surface area contributed by atoms with E-state index >= 15 is 0 Å². The van der Waals surface area contributed by atoms with Gasteiger partial charge in [0, 0.05) is 23.1 Å². The molecule has 160 valence electrons. The van der Waals surface area contributed by atoms with Crippen LogP contribution in [0, 0.1) is 11.8 Å². The number of pyridine rings is 1. The molecule has 0 spiro atoms. The summed E-state index contributed by atoms with van der Waals surface area (Å²) in [6, 6.07) is 26.6. The van der Waals surface area contributed by atoms with Crippen LogP contribution in [-0.2, 0) is 13.2 Å². The Balaban J connectivity index is 1.35. The van der Waals surface area contributed by atoms with Gasteiger partial charge in [-0.05, 0) is 60.0 Å². The van der Waals surface area contributed by atoms with E-state index in [1.54, 1.807) is 11.3 Å². The Morgan fingerprint density at radius 3 is 2.66 bits per heavy atom. The molecule has 3 nitrogen and oxygen atoms in total. The molecule has 0 fully saturated rings. The highest BCUT2D eigenvalue weighted by Gasteiger charge is 2.06. The maximum Gasteiger partial charge on any atom is 0.130 e. The maximum absolute atomic E-state index is 6.05. The number of rotatable bonds is 8. The molecular formula is C28H26N2OS. The lowest BCUT2D eigenvalue weighted by Crippen LogP contribution is -2.23. The molecule has 0 aliphatic heterocycles. The minimum absolute atomic E-state index is 0.446. The number of hydrogen-bond acceptors (Lipinski definition) is 4. The first kappa shape index (κ1) is 21.8. The van der Waals surface area contributed by atoms with Crippen LogP contribution < -0.4 is 4.74 Å². The number of thiophene rings is 1. The van der Waals surface area contributed by atoms with Gasteiger partial charge in [0.15, 0.2) is 0 Å². The number of benzene rings is 2. The summed E-state index contributed by atoms with van der Waals surface area (Å²) in [5, 5.41) is 4.18. The number of hydrogen-bond donors (Lipinski definition) is 0. The Morgan fingerprint density at radius 1 is 0.969 bits per heavy atom. The molecule has 0 radical (unpaired) electrons. The highest BCUT2D eigenvalue weighted by Crippen LogP contribution is 2.21. The van der Waals surface area contributed by atoms with Gasteiger partial charge in [0.25, 0.3) is 0 Å². The van der Waals surface area contributed by atoms with E-state index in [1.165, 1.54) is 5.56 Å². The summed E-state index contributed by atoms with van der Waals surface area (Å²) in [6.45, 7) is 5.12. The van der Waals surface area contributed by atoms with Crippen LogP contribution in [0.25, 0.3) is 11.3 Å². The number of ether oxygens (including phenoxy) is 1. The van der Waals surface area contributed by atoms with E-state index in [0.29, 0.717) is 6.61 Å². The molecule has 0 atom stereocenters. The van der Waals surface area contributed by atoms with E-state index in [0.717, 1.165) is 47.9 Å². The van der Waals surface area contributed by atoms with Gasteiger partial charge in [0.1, 0.15) is 12.4 Å². The summed E-state index contributed by atoms with van der Waals surface area (Å²) >= 11 is 1.68. The van der Waals surface area contributed by atoms with E-state index < -0.39 is 0 Å². The molecular weight excluding hydrogens is 412 g/mol. The zero-order chi connectivity index (χ0) is 22.0. The highest BCUT2D eigenvalue weighted by atomic mass is 32.1. The molecule has 2 aromatic carbocycles. The fourth-order valence-electron chi connectivity index (χ4n) is 3.33. The lowest BCUT2D eigenvalue weighted by atomic mass is 10.2. The predicted molar refractivity (Wildman–Crippen MR) is 133 cm³/mol. The molecule has 0 saturated carbocycles. The van der Waals surface area contributed by atoms with Crippen molar-refractivity contribution >= 4 is 11.3 Å². The number of nitrogens with zero attached hydrogens (tertiary/aromatic N) is 2. The van der Waals surface area contributed by atoms with Gasteiger partial charge in [-0.25, -0.2) is 4.98 Å². The molecule has 4 aromatic rings. The van der Waals surface area contributed by atoms with Gasteiger partial charge in [-0.3, -0.25) is 4.90 Å². The molecule has 0 amide bonds. The molecule has 4 heteroatoms. The van der Waals surface area contributed by atoms with Crippen molar-refractivity contribution in [2.24, 2.45) is 0 Å². The third kappa shape index (κ3) is 6.31. The van der Waals surface area contributed by atoms with Crippen molar-refractivity contribution in [2.75, 3.05) is 13.1 Å². The van der Waals surface area contributed by atoms with Crippen molar-refractivity contribution in [1.82, 2.24) is 9.88 Å². The molecule has 0 aliphatic rings. The van der Waals surface area contributed by atoms with Crippen LogP contribution in [0.2, 0.25) is 0 Å². The molecule has 4 rings (SSSR count). The first-order chi connectivity index (χ1) is 15.8. The quantitative estimate of drug-likeness (QED) is 0.304. The molecule has 0 saturated heterocycles. The van der Waals surface area contributed by atoms with Crippen molar-refractivity contribution in [3.05, 3.63) is 106 Å². The molecule has 0 N–H and O–H groups in total. The summed E-state index contributed by atoms with van der Waals surface area (Å²) in [5.41, 5.74) is 5.32.